The number of carbonyl (C=O) groups is 1. The van der Waals surface area contributed by atoms with Crippen molar-refractivity contribution in [2.24, 2.45) is 0 Å². The lowest BCUT2D eigenvalue weighted by molar-refractivity contribution is 0.0906. The number of likely N-dealkylation sites (tertiary alicyclic amines) is 1. The van der Waals surface area contributed by atoms with Crippen LogP contribution in [0, 0.1) is 0 Å². The third-order valence-corrected chi connectivity index (χ3v) is 3.41. The summed E-state index contributed by atoms with van der Waals surface area (Å²) in [6.07, 6.45) is 3.17. The van der Waals surface area contributed by atoms with Gasteiger partial charge < -0.3 is 15.5 Å². The first-order chi connectivity index (χ1) is 9.69. The van der Waals surface area contributed by atoms with Crippen molar-refractivity contribution in [1.82, 2.24) is 20.4 Å². The molecule has 0 saturated carbocycles. The molecule has 6 heteroatoms. The second kappa shape index (κ2) is 7.19. The monoisotopic (exact) mass is 277 g/mol. The van der Waals surface area contributed by atoms with Crippen molar-refractivity contribution in [3.63, 3.8) is 0 Å². The molecule has 1 aliphatic rings. The summed E-state index contributed by atoms with van der Waals surface area (Å²) in [7, 11) is 2.08. The molecule has 1 aromatic rings. The zero-order valence-electron chi connectivity index (χ0n) is 12.2. The van der Waals surface area contributed by atoms with Gasteiger partial charge in [-0.05, 0) is 45.0 Å². The van der Waals surface area contributed by atoms with Gasteiger partial charge in [0.25, 0.3) is 5.91 Å². The minimum absolute atomic E-state index is 0.139. The Hall–Kier alpha value is -1.69. The predicted molar refractivity (Wildman–Crippen MR) is 78.8 cm³/mol. The normalized spacial score (nSPS) is 19.6. The van der Waals surface area contributed by atoms with E-state index in [1.807, 2.05) is 0 Å². The van der Waals surface area contributed by atoms with E-state index in [0.29, 0.717) is 11.5 Å². The molecule has 0 bridgehead atoms. The predicted octanol–water partition coefficient (Wildman–Crippen LogP) is 1.12. The summed E-state index contributed by atoms with van der Waals surface area (Å²) in [5.74, 6) is 0.570. The van der Waals surface area contributed by atoms with Crippen LogP contribution in [0.25, 0.3) is 0 Å². The average Bonchev–Trinajstić information content (AvgIpc) is 2.45. The largest absolute Gasteiger partial charge is 0.369 e. The molecule has 1 fully saturated rings. The van der Waals surface area contributed by atoms with Crippen LogP contribution < -0.4 is 10.6 Å². The highest BCUT2D eigenvalue weighted by Gasteiger charge is 2.20. The van der Waals surface area contributed by atoms with E-state index in [1.54, 1.807) is 12.1 Å². The van der Waals surface area contributed by atoms with Gasteiger partial charge in [0, 0.05) is 19.1 Å². The van der Waals surface area contributed by atoms with Crippen LogP contribution in [0.4, 0.5) is 5.82 Å². The standard InChI is InChI=1S/C14H23N5O/c1-3-8-15-13-7-6-12(17-18-13)14(20)16-11-5-4-9-19(2)10-11/h6-7,11H,3-5,8-10H2,1-2H3,(H,15,18)(H,16,20). The number of likely N-dealkylation sites (N-methyl/N-ethyl adjacent to an activating group) is 1. The summed E-state index contributed by atoms with van der Waals surface area (Å²) in [5.41, 5.74) is 0.375. The van der Waals surface area contributed by atoms with Crippen molar-refractivity contribution in [2.45, 2.75) is 32.2 Å². The Balaban J connectivity index is 1.88. The van der Waals surface area contributed by atoms with E-state index in [0.717, 1.165) is 38.9 Å². The lowest BCUT2D eigenvalue weighted by Crippen LogP contribution is -2.46. The van der Waals surface area contributed by atoms with Gasteiger partial charge >= 0.3 is 0 Å². The minimum atomic E-state index is -0.139. The molecule has 6 nitrogen and oxygen atoms in total. The second-order valence-corrected chi connectivity index (χ2v) is 5.31. The topological polar surface area (TPSA) is 70.2 Å². The molecule has 1 aromatic heterocycles. The second-order valence-electron chi connectivity index (χ2n) is 5.31. The van der Waals surface area contributed by atoms with Crippen LogP contribution in [0.5, 0.6) is 0 Å². The highest BCUT2D eigenvalue weighted by atomic mass is 16.2. The van der Waals surface area contributed by atoms with Gasteiger partial charge in [0.2, 0.25) is 0 Å². The van der Waals surface area contributed by atoms with Crippen molar-refractivity contribution in [2.75, 3.05) is 32.0 Å². The number of amides is 1. The fourth-order valence-corrected chi connectivity index (χ4v) is 2.34. The molecule has 2 N–H and O–H groups in total. The zero-order chi connectivity index (χ0) is 14.4. The van der Waals surface area contributed by atoms with Crippen molar-refractivity contribution < 1.29 is 4.79 Å². The van der Waals surface area contributed by atoms with Crippen LogP contribution in [0.15, 0.2) is 12.1 Å². The summed E-state index contributed by atoms with van der Waals surface area (Å²) < 4.78 is 0. The van der Waals surface area contributed by atoms with Crippen molar-refractivity contribution >= 4 is 11.7 Å². The summed E-state index contributed by atoms with van der Waals surface area (Å²) >= 11 is 0. The summed E-state index contributed by atoms with van der Waals surface area (Å²) in [4.78, 5) is 14.3. The zero-order valence-corrected chi connectivity index (χ0v) is 12.2. The van der Waals surface area contributed by atoms with Crippen LogP contribution in [-0.2, 0) is 0 Å². The summed E-state index contributed by atoms with van der Waals surface area (Å²) in [6, 6.07) is 3.72. The Kier molecular flexibility index (Phi) is 5.29. The number of hydrogen-bond donors (Lipinski definition) is 2. The molecule has 1 amide bonds. The number of carbonyl (C=O) groups excluding carboxylic acids is 1. The van der Waals surface area contributed by atoms with Gasteiger partial charge in [-0.2, -0.15) is 0 Å². The van der Waals surface area contributed by atoms with E-state index in [9.17, 15) is 4.79 Å². The molecule has 2 rings (SSSR count). The number of nitrogens with zero attached hydrogens (tertiary/aromatic N) is 3. The Morgan fingerprint density at radius 1 is 1.45 bits per heavy atom. The van der Waals surface area contributed by atoms with Crippen molar-refractivity contribution in [3.8, 4) is 0 Å². The first kappa shape index (κ1) is 14.7. The molecule has 1 saturated heterocycles. The Morgan fingerprint density at radius 2 is 2.30 bits per heavy atom. The van der Waals surface area contributed by atoms with Gasteiger partial charge in [-0.25, -0.2) is 0 Å². The molecule has 2 heterocycles. The van der Waals surface area contributed by atoms with Gasteiger partial charge in [0.15, 0.2) is 5.69 Å². The lowest BCUT2D eigenvalue weighted by Gasteiger charge is -2.30. The number of hydrogen-bond acceptors (Lipinski definition) is 5. The fourth-order valence-electron chi connectivity index (χ4n) is 2.34. The molecule has 1 atom stereocenters. The number of nitrogens with one attached hydrogen (secondary N) is 2. The minimum Gasteiger partial charge on any atom is -0.369 e. The molecule has 1 unspecified atom stereocenters. The van der Waals surface area contributed by atoms with Crippen LogP contribution >= 0.6 is 0 Å². The maximum Gasteiger partial charge on any atom is 0.272 e. The molecule has 0 aliphatic carbocycles. The Bertz CT molecular complexity index is 434. The van der Waals surface area contributed by atoms with E-state index in [-0.39, 0.29) is 11.9 Å². The number of piperidine rings is 1. The van der Waals surface area contributed by atoms with Crippen LogP contribution in [0.2, 0.25) is 0 Å². The SMILES string of the molecule is CCCNc1ccc(C(=O)NC2CCCN(C)C2)nn1. The van der Waals surface area contributed by atoms with Crippen LogP contribution in [0.3, 0.4) is 0 Å². The van der Waals surface area contributed by atoms with Crippen molar-refractivity contribution in [1.29, 1.82) is 0 Å². The van der Waals surface area contributed by atoms with Gasteiger partial charge in [0.1, 0.15) is 5.82 Å². The quantitative estimate of drug-likeness (QED) is 0.844. The molecular formula is C14H23N5O. The maximum absolute atomic E-state index is 12.1. The number of rotatable bonds is 5. The van der Waals surface area contributed by atoms with E-state index < -0.39 is 0 Å². The van der Waals surface area contributed by atoms with E-state index >= 15 is 0 Å². The van der Waals surface area contributed by atoms with Crippen LogP contribution in [-0.4, -0.2) is 53.7 Å². The molecule has 20 heavy (non-hydrogen) atoms. The Morgan fingerprint density at radius 3 is 2.95 bits per heavy atom. The highest BCUT2D eigenvalue weighted by Crippen LogP contribution is 2.09. The molecule has 110 valence electrons. The third-order valence-electron chi connectivity index (χ3n) is 3.41. The molecule has 0 spiro atoms. The Labute approximate surface area is 120 Å². The van der Waals surface area contributed by atoms with Gasteiger partial charge in [-0.1, -0.05) is 6.92 Å². The number of aromatic nitrogens is 2. The number of anilines is 1. The first-order valence-electron chi connectivity index (χ1n) is 7.26. The average molecular weight is 277 g/mol. The lowest BCUT2D eigenvalue weighted by atomic mass is 10.1. The van der Waals surface area contributed by atoms with E-state index in [2.05, 4.69) is 39.7 Å². The summed E-state index contributed by atoms with van der Waals surface area (Å²) in [5, 5.41) is 14.2. The van der Waals surface area contributed by atoms with E-state index in [4.69, 9.17) is 0 Å². The molecular weight excluding hydrogens is 254 g/mol. The van der Waals surface area contributed by atoms with E-state index in [1.165, 1.54) is 0 Å². The smallest absolute Gasteiger partial charge is 0.272 e. The third kappa shape index (κ3) is 4.16. The molecule has 0 radical (unpaired) electrons. The molecule has 0 aromatic carbocycles. The van der Waals surface area contributed by atoms with Gasteiger partial charge in [0.05, 0.1) is 0 Å². The van der Waals surface area contributed by atoms with Crippen LogP contribution in [0.1, 0.15) is 36.7 Å². The van der Waals surface area contributed by atoms with Gasteiger partial charge in [-0.15, -0.1) is 10.2 Å². The maximum atomic E-state index is 12.1. The summed E-state index contributed by atoms with van der Waals surface area (Å²) in [6.45, 7) is 4.94. The molecule has 1 aliphatic heterocycles. The van der Waals surface area contributed by atoms with Gasteiger partial charge in [-0.3, -0.25) is 4.79 Å². The first-order valence-corrected chi connectivity index (χ1v) is 7.26. The fraction of sp³-hybridized carbons (Fsp3) is 0.643. The van der Waals surface area contributed by atoms with Crippen molar-refractivity contribution in [3.05, 3.63) is 17.8 Å². The highest BCUT2D eigenvalue weighted by molar-refractivity contribution is 5.92.